The largest absolute Gasteiger partial charge is 0.508 e. The zero-order valence-electron chi connectivity index (χ0n) is 15.6. The first kappa shape index (κ1) is 20.0. The van der Waals surface area contributed by atoms with Gasteiger partial charge >= 0.3 is 0 Å². The van der Waals surface area contributed by atoms with Gasteiger partial charge in [0.25, 0.3) is 11.7 Å². The number of Topliss-reactive ketones (excluding diaryl/α,β-unsaturated/α-hetero) is 1. The van der Waals surface area contributed by atoms with Gasteiger partial charge in [-0.1, -0.05) is 55.6 Å². The van der Waals surface area contributed by atoms with Crippen LogP contribution in [0.1, 0.15) is 43.4 Å². The van der Waals surface area contributed by atoms with Crippen molar-refractivity contribution in [3.05, 3.63) is 70.3 Å². The molecule has 1 aliphatic heterocycles. The second-order valence-corrected chi connectivity index (χ2v) is 7.24. The van der Waals surface area contributed by atoms with Crippen LogP contribution in [-0.4, -0.2) is 33.3 Å². The average Bonchev–Trinajstić information content (AvgIpc) is 2.93. The van der Waals surface area contributed by atoms with Crippen molar-refractivity contribution >= 4 is 29.1 Å². The Morgan fingerprint density at radius 2 is 1.82 bits per heavy atom. The monoisotopic (exact) mass is 399 g/mol. The van der Waals surface area contributed by atoms with Crippen LogP contribution in [0.5, 0.6) is 5.75 Å². The number of likely N-dealkylation sites (tertiary alicyclic amines) is 1. The van der Waals surface area contributed by atoms with E-state index in [2.05, 4.69) is 6.92 Å². The molecule has 1 heterocycles. The second kappa shape index (κ2) is 8.48. The molecule has 0 spiro atoms. The molecule has 1 aliphatic rings. The lowest BCUT2D eigenvalue weighted by atomic mass is 9.95. The van der Waals surface area contributed by atoms with Crippen LogP contribution in [0.25, 0.3) is 5.76 Å². The van der Waals surface area contributed by atoms with E-state index in [9.17, 15) is 19.8 Å². The van der Waals surface area contributed by atoms with Gasteiger partial charge < -0.3 is 15.1 Å². The zero-order valence-corrected chi connectivity index (χ0v) is 16.3. The van der Waals surface area contributed by atoms with Gasteiger partial charge in [0.1, 0.15) is 11.5 Å². The Kier molecular flexibility index (Phi) is 6.05. The number of amides is 1. The van der Waals surface area contributed by atoms with Crippen LogP contribution in [0, 0.1) is 0 Å². The van der Waals surface area contributed by atoms with Crippen LogP contribution in [0.2, 0.25) is 5.02 Å². The van der Waals surface area contributed by atoms with Crippen LogP contribution in [-0.2, 0) is 9.59 Å². The molecule has 5 nitrogen and oxygen atoms in total. The van der Waals surface area contributed by atoms with E-state index in [-0.39, 0.29) is 17.1 Å². The lowest BCUT2D eigenvalue weighted by Crippen LogP contribution is -2.30. The summed E-state index contributed by atoms with van der Waals surface area (Å²) in [6.07, 6.45) is 2.67. The Bertz CT molecular complexity index is 920. The predicted octanol–water partition coefficient (Wildman–Crippen LogP) is 4.66. The maximum Gasteiger partial charge on any atom is 0.295 e. The first-order valence-corrected chi connectivity index (χ1v) is 9.65. The number of aliphatic hydroxyl groups is 1. The van der Waals surface area contributed by atoms with Crippen molar-refractivity contribution in [1.82, 2.24) is 4.90 Å². The Labute approximate surface area is 168 Å². The molecule has 28 heavy (non-hydrogen) atoms. The van der Waals surface area contributed by atoms with Gasteiger partial charge in [-0.05, 0) is 36.2 Å². The second-order valence-electron chi connectivity index (χ2n) is 6.80. The van der Waals surface area contributed by atoms with Gasteiger partial charge in [0.05, 0.1) is 11.6 Å². The molecular weight excluding hydrogens is 378 g/mol. The third-order valence-electron chi connectivity index (χ3n) is 4.85. The van der Waals surface area contributed by atoms with E-state index in [1.807, 2.05) is 0 Å². The highest BCUT2D eigenvalue weighted by Gasteiger charge is 2.45. The van der Waals surface area contributed by atoms with Crippen molar-refractivity contribution in [2.45, 2.75) is 32.2 Å². The zero-order chi connectivity index (χ0) is 20.3. The van der Waals surface area contributed by atoms with Crippen LogP contribution < -0.4 is 0 Å². The van der Waals surface area contributed by atoms with E-state index in [0.29, 0.717) is 22.7 Å². The summed E-state index contributed by atoms with van der Waals surface area (Å²) in [6.45, 7) is 2.47. The number of carbonyl (C=O) groups excluding carboxylic acids is 2. The molecular formula is C22H22ClNO4. The molecule has 146 valence electrons. The summed E-state index contributed by atoms with van der Waals surface area (Å²) in [5.74, 6) is -1.51. The molecule has 0 radical (unpaired) electrons. The quantitative estimate of drug-likeness (QED) is 0.320. The summed E-state index contributed by atoms with van der Waals surface area (Å²) < 4.78 is 0. The standard InChI is InChI=1S/C22H22ClNO4/c1-2-3-4-12-24-19(14-8-10-17(25)11-9-14)18(21(27)22(24)28)20(26)15-6-5-7-16(23)13-15/h5-11,13,19,25-26H,2-4,12H2,1H3/b20-18-. The predicted molar refractivity (Wildman–Crippen MR) is 108 cm³/mol. The highest BCUT2D eigenvalue weighted by molar-refractivity contribution is 6.46. The third kappa shape index (κ3) is 3.90. The summed E-state index contributed by atoms with van der Waals surface area (Å²) >= 11 is 6.02. The highest BCUT2D eigenvalue weighted by Crippen LogP contribution is 2.40. The molecule has 0 aromatic heterocycles. The lowest BCUT2D eigenvalue weighted by Gasteiger charge is -2.25. The molecule has 0 aliphatic carbocycles. The number of halogens is 1. The number of ketones is 1. The lowest BCUT2D eigenvalue weighted by molar-refractivity contribution is -0.139. The molecule has 1 atom stereocenters. The van der Waals surface area contributed by atoms with E-state index in [1.165, 1.54) is 17.0 Å². The summed E-state index contributed by atoms with van der Waals surface area (Å²) in [4.78, 5) is 27.0. The molecule has 1 saturated heterocycles. The Balaban J connectivity index is 2.12. The van der Waals surface area contributed by atoms with Crippen LogP contribution in [0.15, 0.2) is 54.1 Å². The number of hydrogen-bond donors (Lipinski definition) is 2. The molecule has 1 unspecified atom stereocenters. The first-order chi connectivity index (χ1) is 13.4. The number of carbonyl (C=O) groups is 2. The van der Waals surface area contributed by atoms with Crippen molar-refractivity contribution in [2.24, 2.45) is 0 Å². The van der Waals surface area contributed by atoms with E-state index in [1.54, 1.807) is 36.4 Å². The Morgan fingerprint density at radius 3 is 2.46 bits per heavy atom. The van der Waals surface area contributed by atoms with Gasteiger partial charge in [-0.2, -0.15) is 0 Å². The van der Waals surface area contributed by atoms with Crippen molar-refractivity contribution in [3.8, 4) is 5.75 Å². The molecule has 1 amide bonds. The minimum Gasteiger partial charge on any atom is -0.508 e. The molecule has 0 bridgehead atoms. The smallest absolute Gasteiger partial charge is 0.295 e. The fourth-order valence-electron chi connectivity index (χ4n) is 3.44. The number of phenolic OH excluding ortho intramolecular Hbond substituents is 1. The van der Waals surface area contributed by atoms with Gasteiger partial charge in [-0.3, -0.25) is 9.59 Å². The number of nitrogens with zero attached hydrogens (tertiary/aromatic N) is 1. The van der Waals surface area contributed by atoms with E-state index >= 15 is 0 Å². The number of aromatic hydroxyl groups is 1. The van der Waals surface area contributed by atoms with Gasteiger partial charge in [0.2, 0.25) is 0 Å². The maximum absolute atomic E-state index is 12.8. The number of phenols is 1. The number of aliphatic hydroxyl groups excluding tert-OH is 1. The Morgan fingerprint density at radius 1 is 1.11 bits per heavy atom. The number of rotatable bonds is 6. The molecule has 2 aromatic carbocycles. The normalized spacial score (nSPS) is 18.6. The molecule has 0 saturated carbocycles. The number of unbranched alkanes of at least 4 members (excludes halogenated alkanes) is 2. The van der Waals surface area contributed by atoms with Crippen molar-refractivity contribution < 1.29 is 19.8 Å². The summed E-state index contributed by atoms with van der Waals surface area (Å²) in [5, 5.41) is 20.9. The third-order valence-corrected chi connectivity index (χ3v) is 5.08. The van der Waals surface area contributed by atoms with Crippen LogP contribution >= 0.6 is 11.6 Å². The summed E-state index contributed by atoms with van der Waals surface area (Å²) in [5.41, 5.74) is 1.06. The SMILES string of the molecule is CCCCCN1C(=O)C(=O)/C(=C(\O)c2cccc(Cl)c2)C1c1ccc(O)cc1. The highest BCUT2D eigenvalue weighted by atomic mass is 35.5. The van der Waals surface area contributed by atoms with Crippen molar-refractivity contribution in [1.29, 1.82) is 0 Å². The topological polar surface area (TPSA) is 77.8 Å². The maximum atomic E-state index is 12.8. The van der Waals surface area contributed by atoms with E-state index in [4.69, 9.17) is 11.6 Å². The molecule has 3 rings (SSSR count). The van der Waals surface area contributed by atoms with Gasteiger partial charge in [0.15, 0.2) is 0 Å². The molecule has 2 N–H and O–H groups in total. The van der Waals surface area contributed by atoms with Crippen LogP contribution in [0.3, 0.4) is 0 Å². The number of hydrogen-bond acceptors (Lipinski definition) is 4. The molecule has 1 fully saturated rings. The summed E-state index contributed by atoms with van der Waals surface area (Å²) in [6, 6.07) is 12.1. The number of benzene rings is 2. The van der Waals surface area contributed by atoms with Crippen molar-refractivity contribution in [3.63, 3.8) is 0 Å². The average molecular weight is 400 g/mol. The molecule has 2 aromatic rings. The fraction of sp³-hybridized carbons (Fsp3) is 0.273. The summed E-state index contributed by atoms with van der Waals surface area (Å²) in [7, 11) is 0. The fourth-order valence-corrected chi connectivity index (χ4v) is 3.63. The Hall–Kier alpha value is -2.79. The van der Waals surface area contributed by atoms with Gasteiger partial charge in [0, 0.05) is 17.1 Å². The van der Waals surface area contributed by atoms with Crippen molar-refractivity contribution in [2.75, 3.05) is 6.54 Å². The van der Waals surface area contributed by atoms with Gasteiger partial charge in [-0.15, -0.1) is 0 Å². The van der Waals surface area contributed by atoms with E-state index < -0.39 is 17.7 Å². The molecule has 6 heteroatoms. The van der Waals surface area contributed by atoms with Gasteiger partial charge in [-0.25, -0.2) is 0 Å². The van der Waals surface area contributed by atoms with E-state index in [0.717, 1.165) is 19.3 Å². The van der Waals surface area contributed by atoms with Crippen LogP contribution in [0.4, 0.5) is 0 Å². The minimum absolute atomic E-state index is 0.0365. The first-order valence-electron chi connectivity index (χ1n) is 9.27. The minimum atomic E-state index is -0.716.